The smallest absolute Gasteiger partial charge is 0.328 e. The number of carboxylic acid groups (broad SMARTS) is 2. The van der Waals surface area contributed by atoms with E-state index in [2.05, 4.69) is 26.1 Å². The highest BCUT2D eigenvalue weighted by molar-refractivity contribution is 5.89. The third-order valence-corrected chi connectivity index (χ3v) is 4.39. The van der Waals surface area contributed by atoms with E-state index in [0.717, 1.165) is 19.3 Å². The van der Waals surface area contributed by atoms with Crippen molar-refractivity contribution in [2.24, 2.45) is 17.1 Å². The summed E-state index contributed by atoms with van der Waals surface area (Å²) >= 11 is 0. The van der Waals surface area contributed by atoms with Crippen LogP contribution in [0.3, 0.4) is 0 Å². The number of hydrogen-bond donors (Lipinski definition) is 4. The average Bonchev–Trinajstić information content (AvgIpc) is 2.90. The molecule has 1 aliphatic rings. The van der Waals surface area contributed by atoms with E-state index in [0.29, 0.717) is 5.92 Å². The van der Waals surface area contributed by atoms with Gasteiger partial charge in [0.15, 0.2) is 6.04 Å². The molecule has 138 valence electrons. The minimum absolute atomic E-state index is 0.0450. The third kappa shape index (κ3) is 6.09. The summed E-state index contributed by atoms with van der Waals surface area (Å²) in [5.74, 6) is -2.94. The number of aliphatic carboxylic acids is 2. The van der Waals surface area contributed by atoms with Gasteiger partial charge in [0, 0.05) is 0 Å². The molecular weight excluding hydrogens is 316 g/mol. The fourth-order valence-corrected chi connectivity index (χ4v) is 3.07. The van der Waals surface area contributed by atoms with Crippen LogP contribution in [0.25, 0.3) is 0 Å². The van der Waals surface area contributed by atoms with E-state index >= 15 is 0 Å². The summed E-state index contributed by atoms with van der Waals surface area (Å²) in [6, 6.07) is -2.54. The summed E-state index contributed by atoms with van der Waals surface area (Å²) < 4.78 is 5.77. The van der Waals surface area contributed by atoms with Crippen molar-refractivity contribution in [1.29, 1.82) is 0 Å². The van der Waals surface area contributed by atoms with Crippen LogP contribution in [0, 0.1) is 11.3 Å². The number of carbonyl (C=O) groups is 3. The van der Waals surface area contributed by atoms with Gasteiger partial charge in [-0.3, -0.25) is 9.59 Å². The van der Waals surface area contributed by atoms with Gasteiger partial charge in [0.1, 0.15) is 0 Å². The van der Waals surface area contributed by atoms with Gasteiger partial charge in [-0.2, -0.15) is 0 Å². The van der Waals surface area contributed by atoms with Crippen molar-refractivity contribution < 1.29 is 29.3 Å². The first-order chi connectivity index (χ1) is 11.0. The number of carboxylic acids is 2. The Balaban J connectivity index is 2.59. The Bertz CT molecular complexity index is 474. The molecule has 1 saturated carbocycles. The van der Waals surface area contributed by atoms with Gasteiger partial charge in [-0.15, -0.1) is 0 Å². The van der Waals surface area contributed by atoms with E-state index in [9.17, 15) is 19.5 Å². The van der Waals surface area contributed by atoms with Gasteiger partial charge in [0.05, 0.1) is 25.2 Å². The topological polar surface area (TPSA) is 139 Å². The Morgan fingerprint density at radius 1 is 1.25 bits per heavy atom. The van der Waals surface area contributed by atoms with E-state index in [4.69, 9.17) is 15.6 Å². The lowest BCUT2D eigenvalue weighted by Gasteiger charge is -2.32. The molecule has 5 N–H and O–H groups in total. The summed E-state index contributed by atoms with van der Waals surface area (Å²) in [7, 11) is 0. The van der Waals surface area contributed by atoms with Crippen LogP contribution in [0.5, 0.6) is 0 Å². The number of ether oxygens (including phenoxy) is 1. The highest BCUT2D eigenvalue weighted by Gasteiger charge is 2.37. The normalized spacial score (nSPS) is 23.5. The maximum Gasteiger partial charge on any atom is 0.328 e. The van der Waals surface area contributed by atoms with Crippen molar-refractivity contribution >= 4 is 17.8 Å². The number of hydrogen-bond acceptors (Lipinski definition) is 5. The van der Waals surface area contributed by atoms with E-state index in [1.54, 1.807) is 0 Å². The van der Waals surface area contributed by atoms with Crippen molar-refractivity contribution in [3.63, 3.8) is 0 Å². The number of amides is 1. The SMILES string of the molecule is CC(C)(C)C1CCCC1OC[C@H](NC(=O)[C@@H](N)CC(=O)O)C(=O)O. The summed E-state index contributed by atoms with van der Waals surface area (Å²) in [4.78, 5) is 33.7. The first-order valence-electron chi connectivity index (χ1n) is 8.14. The monoisotopic (exact) mass is 344 g/mol. The molecule has 8 nitrogen and oxygen atoms in total. The van der Waals surface area contributed by atoms with Gasteiger partial charge in [-0.05, 0) is 24.2 Å². The molecule has 0 heterocycles. The van der Waals surface area contributed by atoms with Crippen LogP contribution in [-0.4, -0.2) is 52.9 Å². The quantitative estimate of drug-likeness (QED) is 0.505. The molecule has 0 bridgehead atoms. The molecule has 8 heteroatoms. The van der Waals surface area contributed by atoms with Crippen LogP contribution < -0.4 is 11.1 Å². The second kappa shape index (κ2) is 8.43. The fraction of sp³-hybridized carbons (Fsp3) is 0.812. The zero-order valence-electron chi connectivity index (χ0n) is 14.4. The highest BCUT2D eigenvalue weighted by atomic mass is 16.5. The van der Waals surface area contributed by atoms with Crippen LogP contribution in [0.4, 0.5) is 0 Å². The first-order valence-corrected chi connectivity index (χ1v) is 8.14. The molecule has 0 aromatic carbocycles. The molecule has 0 aromatic rings. The van der Waals surface area contributed by atoms with E-state index in [1.165, 1.54) is 0 Å². The molecule has 24 heavy (non-hydrogen) atoms. The lowest BCUT2D eigenvalue weighted by molar-refractivity contribution is -0.145. The molecule has 0 aromatic heterocycles. The summed E-state index contributed by atoms with van der Waals surface area (Å²) in [5.41, 5.74) is 5.50. The van der Waals surface area contributed by atoms with Gasteiger partial charge in [0.25, 0.3) is 0 Å². The third-order valence-electron chi connectivity index (χ3n) is 4.39. The fourth-order valence-electron chi connectivity index (χ4n) is 3.07. The summed E-state index contributed by atoms with van der Waals surface area (Å²) in [6.45, 7) is 6.21. The van der Waals surface area contributed by atoms with Crippen LogP contribution in [0.1, 0.15) is 46.5 Å². The van der Waals surface area contributed by atoms with Gasteiger partial charge < -0.3 is 26.0 Å². The first kappa shape index (κ1) is 20.4. The van der Waals surface area contributed by atoms with Crippen molar-refractivity contribution in [3.05, 3.63) is 0 Å². The Morgan fingerprint density at radius 3 is 2.38 bits per heavy atom. The number of nitrogens with two attached hydrogens (primary N) is 1. The van der Waals surface area contributed by atoms with Crippen molar-refractivity contribution in [3.8, 4) is 0 Å². The standard InChI is InChI=1S/C16H28N2O6/c1-16(2,3)9-5-4-6-12(9)24-8-11(15(22)23)18-14(21)10(17)7-13(19)20/h9-12H,4-8,17H2,1-3H3,(H,18,21)(H,19,20)(H,22,23)/t9?,10-,11-,12?/m0/s1. The van der Waals surface area contributed by atoms with E-state index in [1.807, 2.05) is 0 Å². The van der Waals surface area contributed by atoms with Crippen LogP contribution in [0.2, 0.25) is 0 Å². The number of carbonyl (C=O) groups excluding carboxylic acids is 1. The average molecular weight is 344 g/mol. The van der Waals surface area contributed by atoms with Crippen LogP contribution >= 0.6 is 0 Å². The molecule has 1 rings (SSSR count). The van der Waals surface area contributed by atoms with Gasteiger partial charge >= 0.3 is 11.9 Å². The molecular formula is C16H28N2O6. The molecule has 1 aliphatic carbocycles. The van der Waals surface area contributed by atoms with Crippen molar-refractivity contribution in [2.45, 2.75) is 64.6 Å². The van der Waals surface area contributed by atoms with Crippen molar-refractivity contribution in [2.75, 3.05) is 6.61 Å². The maximum absolute atomic E-state index is 11.8. The molecule has 0 radical (unpaired) electrons. The molecule has 0 saturated heterocycles. The second-order valence-corrected chi connectivity index (χ2v) is 7.38. The molecule has 2 unspecified atom stereocenters. The van der Waals surface area contributed by atoms with Gasteiger partial charge in [0.2, 0.25) is 5.91 Å². The predicted molar refractivity (Wildman–Crippen MR) is 86.3 cm³/mol. The Morgan fingerprint density at radius 2 is 1.88 bits per heavy atom. The molecule has 0 spiro atoms. The minimum Gasteiger partial charge on any atom is -0.481 e. The summed E-state index contributed by atoms with van der Waals surface area (Å²) in [6.07, 6.45) is 2.31. The largest absolute Gasteiger partial charge is 0.481 e. The molecule has 4 atom stereocenters. The lowest BCUT2D eigenvalue weighted by atomic mass is 9.78. The van der Waals surface area contributed by atoms with Gasteiger partial charge in [-0.1, -0.05) is 27.2 Å². The number of nitrogens with one attached hydrogen (secondary N) is 1. The van der Waals surface area contributed by atoms with E-state index in [-0.39, 0.29) is 18.1 Å². The molecule has 1 amide bonds. The van der Waals surface area contributed by atoms with E-state index < -0.39 is 36.4 Å². The Labute approximate surface area is 141 Å². The summed E-state index contributed by atoms with van der Waals surface area (Å²) in [5, 5.41) is 20.1. The van der Waals surface area contributed by atoms with Gasteiger partial charge in [-0.25, -0.2) is 4.79 Å². The maximum atomic E-state index is 11.8. The van der Waals surface area contributed by atoms with Crippen LogP contribution in [0.15, 0.2) is 0 Å². The Hall–Kier alpha value is -1.67. The molecule has 1 fully saturated rings. The van der Waals surface area contributed by atoms with Crippen molar-refractivity contribution in [1.82, 2.24) is 5.32 Å². The van der Waals surface area contributed by atoms with Crippen LogP contribution in [-0.2, 0) is 19.1 Å². The zero-order chi connectivity index (χ0) is 18.5. The zero-order valence-corrected chi connectivity index (χ0v) is 14.4. The lowest BCUT2D eigenvalue weighted by Crippen LogP contribution is -2.51. The number of rotatable bonds is 8. The highest BCUT2D eigenvalue weighted by Crippen LogP contribution is 2.40. The minimum atomic E-state index is -1.29. The predicted octanol–water partition coefficient (Wildman–Crippen LogP) is 0.589. The molecule has 0 aliphatic heterocycles. The second-order valence-electron chi connectivity index (χ2n) is 7.38. The Kier molecular flexibility index (Phi) is 7.16.